The van der Waals surface area contributed by atoms with Crippen molar-refractivity contribution >= 4 is 5.69 Å². The van der Waals surface area contributed by atoms with Gasteiger partial charge >= 0.3 is 5.69 Å². The molecular formula is C13H19NO4. The van der Waals surface area contributed by atoms with E-state index < -0.39 is 4.92 Å². The summed E-state index contributed by atoms with van der Waals surface area (Å²) in [6, 6.07) is 4.42. The fraction of sp³-hybridized carbons (Fsp3) is 0.538. The van der Waals surface area contributed by atoms with Crippen molar-refractivity contribution in [3.63, 3.8) is 0 Å². The van der Waals surface area contributed by atoms with Gasteiger partial charge in [0.2, 0.25) is 0 Å². The summed E-state index contributed by atoms with van der Waals surface area (Å²) in [6.07, 6.45) is 4.22. The van der Waals surface area contributed by atoms with Gasteiger partial charge in [0.15, 0.2) is 5.75 Å². The second kappa shape index (κ2) is 7.66. The summed E-state index contributed by atoms with van der Waals surface area (Å²) >= 11 is 0. The number of benzene rings is 1. The number of unbranched alkanes of at least 4 members (excludes halogenated alkanes) is 3. The number of ether oxygens (including phenoxy) is 1. The molecule has 0 aromatic heterocycles. The molecule has 0 aliphatic rings. The summed E-state index contributed by atoms with van der Waals surface area (Å²) in [7, 11) is 0. The standard InChI is InChI=1S/C13H19NO4/c1-2-3-4-5-8-18-13-9-11(10-15)6-7-12(13)14(16)17/h6-7,9,15H,2-5,8,10H2,1H3. The summed E-state index contributed by atoms with van der Waals surface area (Å²) in [4.78, 5) is 10.3. The Morgan fingerprint density at radius 1 is 1.33 bits per heavy atom. The maximum absolute atomic E-state index is 10.8. The van der Waals surface area contributed by atoms with Gasteiger partial charge in [-0.2, -0.15) is 0 Å². The molecule has 100 valence electrons. The smallest absolute Gasteiger partial charge is 0.310 e. The van der Waals surface area contributed by atoms with E-state index in [9.17, 15) is 10.1 Å². The van der Waals surface area contributed by atoms with Crippen molar-refractivity contribution in [1.29, 1.82) is 0 Å². The molecular weight excluding hydrogens is 234 g/mol. The molecule has 0 heterocycles. The molecule has 1 aromatic rings. The van der Waals surface area contributed by atoms with Crippen LogP contribution in [0.1, 0.15) is 38.2 Å². The average Bonchev–Trinajstić information content (AvgIpc) is 2.38. The molecule has 1 N–H and O–H groups in total. The van der Waals surface area contributed by atoms with E-state index in [1.165, 1.54) is 18.2 Å². The monoisotopic (exact) mass is 253 g/mol. The van der Waals surface area contributed by atoms with Crippen LogP contribution >= 0.6 is 0 Å². The number of nitro groups is 1. The predicted molar refractivity (Wildman–Crippen MR) is 68.7 cm³/mol. The highest BCUT2D eigenvalue weighted by atomic mass is 16.6. The highest BCUT2D eigenvalue weighted by molar-refractivity contribution is 5.48. The zero-order valence-corrected chi connectivity index (χ0v) is 10.6. The molecule has 0 atom stereocenters. The number of hydrogen-bond donors (Lipinski definition) is 1. The Bertz CT molecular complexity index is 393. The molecule has 0 spiro atoms. The molecule has 0 saturated heterocycles. The maximum Gasteiger partial charge on any atom is 0.310 e. The van der Waals surface area contributed by atoms with Gasteiger partial charge in [-0.15, -0.1) is 0 Å². The molecule has 0 radical (unpaired) electrons. The number of hydrogen-bond acceptors (Lipinski definition) is 4. The molecule has 0 unspecified atom stereocenters. The van der Waals surface area contributed by atoms with Crippen molar-refractivity contribution < 1.29 is 14.8 Å². The van der Waals surface area contributed by atoms with Crippen LogP contribution in [0.3, 0.4) is 0 Å². The normalized spacial score (nSPS) is 10.3. The van der Waals surface area contributed by atoms with Gasteiger partial charge in [-0.1, -0.05) is 26.2 Å². The van der Waals surface area contributed by atoms with Gasteiger partial charge in [-0.05, 0) is 24.1 Å². The minimum absolute atomic E-state index is 0.0531. The quantitative estimate of drug-likeness (QED) is 0.439. The molecule has 0 aliphatic heterocycles. The first-order chi connectivity index (χ1) is 8.69. The largest absolute Gasteiger partial charge is 0.487 e. The molecule has 0 saturated carbocycles. The minimum Gasteiger partial charge on any atom is -0.487 e. The number of rotatable bonds is 8. The molecule has 0 amide bonds. The van der Waals surface area contributed by atoms with Crippen LogP contribution < -0.4 is 4.74 Å². The van der Waals surface area contributed by atoms with E-state index in [0.717, 1.165) is 25.7 Å². The third kappa shape index (κ3) is 4.33. The van der Waals surface area contributed by atoms with Crippen molar-refractivity contribution in [2.75, 3.05) is 6.61 Å². The fourth-order valence-electron chi connectivity index (χ4n) is 1.63. The van der Waals surface area contributed by atoms with E-state index in [4.69, 9.17) is 9.84 Å². The Morgan fingerprint density at radius 3 is 2.72 bits per heavy atom. The van der Waals surface area contributed by atoms with Crippen LogP contribution in [-0.4, -0.2) is 16.6 Å². The summed E-state index contributed by atoms with van der Waals surface area (Å²) in [5.41, 5.74) is 0.562. The number of nitro benzene ring substituents is 1. The predicted octanol–water partition coefficient (Wildman–Crippen LogP) is 3.05. The summed E-state index contributed by atoms with van der Waals surface area (Å²) in [5, 5.41) is 19.8. The molecule has 1 aromatic carbocycles. The van der Waals surface area contributed by atoms with E-state index in [2.05, 4.69) is 6.92 Å². The van der Waals surface area contributed by atoms with Crippen molar-refractivity contribution in [3.8, 4) is 5.75 Å². The zero-order valence-electron chi connectivity index (χ0n) is 10.6. The molecule has 0 fully saturated rings. The first-order valence-electron chi connectivity index (χ1n) is 6.20. The van der Waals surface area contributed by atoms with E-state index in [1.54, 1.807) is 0 Å². The Kier molecular flexibility index (Phi) is 6.14. The lowest BCUT2D eigenvalue weighted by atomic mass is 10.2. The molecule has 0 bridgehead atoms. The topological polar surface area (TPSA) is 72.6 Å². The molecule has 5 nitrogen and oxygen atoms in total. The van der Waals surface area contributed by atoms with Gasteiger partial charge < -0.3 is 9.84 Å². The lowest BCUT2D eigenvalue weighted by Gasteiger charge is -2.07. The van der Waals surface area contributed by atoms with Gasteiger partial charge in [0.05, 0.1) is 18.1 Å². The summed E-state index contributed by atoms with van der Waals surface area (Å²) in [5.74, 6) is 0.239. The lowest BCUT2D eigenvalue weighted by molar-refractivity contribution is -0.385. The van der Waals surface area contributed by atoms with Crippen LogP contribution in [0.15, 0.2) is 18.2 Å². The van der Waals surface area contributed by atoms with Gasteiger partial charge in [-0.25, -0.2) is 0 Å². The van der Waals surface area contributed by atoms with Crippen molar-refractivity contribution in [1.82, 2.24) is 0 Å². The van der Waals surface area contributed by atoms with Crippen molar-refractivity contribution in [2.45, 2.75) is 39.2 Å². The van der Waals surface area contributed by atoms with Gasteiger partial charge in [-0.3, -0.25) is 10.1 Å². The van der Waals surface area contributed by atoms with E-state index in [0.29, 0.717) is 12.2 Å². The maximum atomic E-state index is 10.8. The van der Waals surface area contributed by atoms with Crippen molar-refractivity contribution in [3.05, 3.63) is 33.9 Å². The molecule has 18 heavy (non-hydrogen) atoms. The van der Waals surface area contributed by atoms with Crippen LogP contribution in [0, 0.1) is 10.1 Å². The van der Waals surface area contributed by atoms with Gasteiger partial charge in [0.25, 0.3) is 0 Å². The Labute approximate surface area is 107 Å². The third-order valence-corrected chi connectivity index (χ3v) is 2.66. The SMILES string of the molecule is CCCCCCOc1cc(CO)ccc1[N+](=O)[O-]. The van der Waals surface area contributed by atoms with Gasteiger partial charge in [0, 0.05) is 6.07 Å². The van der Waals surface area contributed by atoms with Crippen LogP contribution in [0.5, 0.6) is 5.75 Å². The van der Waals surface area contributed by atoms with Crippen molar-refractivity contribution in [2.24, 2.45) is 0 Å². The highest BCUT2D eigenvalue weighted by Gasteiger charge is 2.15. The first kappa shape index (κ1) is 14.4. The fourth-order valence-corrected chi connectivity index (χ4v) is 1.63. The number of aliphatic hydroxyl groups is 1. The third-order valence-electron chi connectivity index (χ3n) is 2.66. The lowest BCUT2D eigenvalue weighted by Crippen LogP contribution is -2.01. The van der Waals surface area contributed by atoms with E-state index >= 15 is 0 Å². The van der Waals surface area contributed by atoms with Crippen LogP contribution in [0.2, 0.25) is 0 Å². The number of nitrogens with zero attached hydrogens (tertiary/aromatic N) is 1. The van der Waals surface area contributed by atoms with Gasteiger partial charge in [0.1, 0.15) is 0 Å². The Balaban J connectivity index is 2.63. The van der Waals surface area contributed by atoms with Crippen LogP contribution in [-0.2, 0) is 6.61 Å². The molecule has 0 aliphatic carbocycles. The second-order valence-electron chi connectivity index (χ2n) is 4.13. The Morgan fingerprint density at radius 2 is 2.11 bits per heavy atom. The van der Waals surface area contributed by atoms with E-state index in [-0.39, 0.29) is 18.0 Å². The molecule has 5 heteroatoms. The minimum atomic E-state index is -0.470. The zero-order chi connectivity index (χ0) is 13.4. The number of aliphatic hydroxyl groups excluding tert-OH is 1. The summed E-state index contributed by atoms with van der Waals surface area (Å²) in [6.45, 7) is 2.44. The van der Waals surface area contributed by atoms with Crippen LogP contribution in [0.25, 0.3) is 0 Å². The van der Waals surface area contributed by atoms with Crippen LogP contribution in [0.4, 0.5) is 5.69 Å². The van der Waals surface area contributed by atoms with E-state index in [1.807, 2.05) is 0 Å². The summed E-state index contributed by atoms with van der Waals surface area (Å²) < 4.78 is 5.43. The first-order valence-corrected chi connectivity index (χ1v) is 6.20. The highest BCUT2D eigenvalue weighted by Crippen LogP contribution is 2.28. The Hall–Kier alpha value is -1.62. The average molecular weight is 253 g/mol. The second-order valence-corrected chi connectivity index (χ2v) is 4.13. The molecule has 1 rings (SSSR count).